The molecule has 26 nitrogen and oxygen atoms in total. The van der Waals surface area contributed by atoms with Gasteiger partial charge in [0, 0.05) is 25.7 Å². The average Bonchev–Trinajstić information content (AvgIpc) is 3.37. The first-order valence-corrected chi connectivity index (χ1v) is 28.5. The van der Waals surface area contributed by atoms with E-state index in [0.29, 0.717) is 6.42 Å². The smallest absolute Gasteiger partial charge is 0.326 e. The van der Waals surface area contributed by atoms with Crippen LogP contribution in [0.1, 0.15) is 198 Å². The van der Waals surface area contributed by atoms with Gasteiger partial charge in [-0.1, -0.05) is 126 Å². The van der Waals surface area contributed by atoms with Crippen LogP contribution in [0.4, 0.5) is 0 Å². The lowest BCUT2D eigenvalue weighted by Crippen LogP contribution is -2.61. The van der Waals surface area contributed by atoms with E-state index in [0.717, 1.165) is 19.3 Å². The summed E-state index contributed by atoms with van der Waals surface area (Å²) in [5, 5.41) is 58.9. The molecule has 0 unspecified atom stereocenters. The Morgan fingerprint density at radius 2 is 0.568 bits per heavy atom. The van der Waals surface area contributed by atoms with Crippen LogP contribution >= 0.6 is 0 Å². The third-order valence-corrected chi connectivity index (χ3v) is 13.3. The first-order chi connectivity index (χ1) is 37.9. The summed E-state index contributed by atoms with van der Waals surface area (Å²) >= 11 is 0. The van der Waals surface area contributed by atoms with Crippen LogP contribution < -0.4 is 47.9 Å². The van der Waals surface area contributed by atoms with Gasteiger partial charge < -0.3 is 68.3 Å². The number of carboxylic acids is 4. The second-order valence-electron chi connectivity index (χ2n) is 21.8. The van der Waals surface area contributed by atoms with Crippen LogP contribution in [0, 0.1) is 17.8 Å². The molecule has 13 N–H and O–H groups in total. The molecule has 0 fully saturated rings. The van der Waals surface area contributed by atoms with E-state index in [-0.39, 0.29) is 18.2 Å². The number of amides is 9. The van der Waals surface area contributed by atoms with Crippen molar-refractivity contribution in [2.45, 2.75) is 252 Å². The molecule has 9 amide bonds. The Bertz CT molecular complexity index is 2090. The van der Waals surface area contributed by atoms with Crippen molar-refractivity contribution in [2.75, 3.05) is 0 Å². The van der Waals surface area contributed by atoms with Gasteiger partial charge in [0.2, 0.25) is 53.2 Å². The Kier molecular flexibility index (Phi) is 36.9. The molecular weight excluding hydrogens is 1060 g/mol. The Morgan fingerprint density at radius 1 is 0.296 bits per heavy atom. The van der Waals surface area contributed by atoms with E-state index in [2.05, 4.69) is 49.5 Å². The third-order valence-electron chi connectivity index (χ3n) is 13.3. The van der Waals surface area contributed by atoms with Gasteiger partial charge in [-0.2, -0.15) is 0 Å². The summed E-state index contributed by atoms with van der Waals surface area (Å²) in [5.41, 5.74) is 0. The Labute approximate surface area is 476 Å². The lowest BCUT2D eigenvalue weighted by Gasteiger charge is -2.30. The van der Waals surface area contributed by atoms with E-state index < -0.39 is 176 Å². The van der Waals surface area contributed by atoms with Gasteiger partial charge in [-0.3, -0.25) is 57.5 Å². The highest BCUT2D eigenvalue weighted by atomic mass is 16.4. The van der Waals surface area contributed by atoms with Crippen molar-refractivity contribution in [3.8, 4) is 0 Å². The lowest BCUT2D eigenvalue weighted by molar-refractivity contribution is -0.144. The van der Waals surface area contributed by atoms with Crippen LogP contribution in [-0.4, -0.2) is 152 Å². The number of unbranched alkanes of at least 4 members (excludes halogenated alkanes) is 12. The minimum Gasteiger partial charge on any atom is -0.481 e. The number of hydrogen-bond donors (Lipinski definition) is 13. The summed E-state index contributed by atoms with van der Waals surface area (Å²) < 4.78 is 0. The van der Waals surface area contributed by atoms with Crippen LogP contribution in [0.2, 0.25) is 0 Å². The van der Waals surface area contributed by atoms with Crippen LogP contribution in [0.5, 0.6) is 0 Å². The second kappa shape index (κ2) is 40.3. The van der Waals surface area contributed by atoms with Crippen LogP contribution in [0.25, 0.3) is 0 Å². The average molecular weight is 1150 g/mol. The molecule has 0 saturated carbocycles. The molecular formula is C55H95N9O17. The van der Waals surface area contributed by atoms with E-state index in [1.807, 2.05) is 5.32 Å². The van der Waals surface area contributed by atoms with Crippen LogP contribution in [0.3, 0.4) is 0 Å². The highest BCUT2D eigenvalue weighted by Crippen LogP contribution is 2.15. The normalized spacial score (nSPS) is 14.5. The monoisotopic (exact) mass is 1150 g/mol. The highest BCUT2D eigenvalue weighted by molar-refractivity contribution is 5.98. The predicted octanol–water partition coefficient (Wildman–Crippen LogP) is 2.54. The first kappa shape index (κ1) is 74.1. The summed E-state index contributed by atoms with van der Waals surface area (Å²) in [7, 11) is 0. The molecule has 0 spiro atoms. The van der Waals surface area contributed by atoms with Gasteiger partial charge in [0.25, 0.3) is 0 Å². The molecule has 0 aromatic carbocycles. The molecule has 0 aliphatic heterocycles. The van der Waals surface area contributed by atoms with E-state index in [1.54, 1.807) is 41.5 Å². The minimum atomic E-state index is -1.75. The second-order valence-corrected chi connectivity index (χ2v) is 21.8. The molecule has 9 atom stereocenters. The lowest BCUT2D eigenvalue weighted by atomic mass is 9.97. The van der Waals surface area contributed by atoms with Gasteiger partial charge in [-0.15, -0.1) is 0 Å². The van der Waals surface area contributed by atoms with Crippen molar-refractivity contribution in [1.82, 2.24) is 47.9 Å². The van der Waals surface area contributed by atoms with Gasteiger partial charge >= 0.3 is 23.9 Å². The zero-order valence-corrected chi connectivity index (χ0v) is 49.2. The number of rotatable bonds is 44. The quantitative estimate of drug-likeness (QED) is 0.0390. The summed E-state index contributed by atoms with van der Waals surface area (Å²) in [6.45, 7) is 16.2. The third kappa shape index (κ3) is 32.2. The topological polar surface area (TPSA) is 411 Å². The molecule has 0 saturated heterocycles. The Hall–Kier alpha value is -6.89. The summed E-state index contributed by atoms with van der Waals surface area (Å²) in [4.78, 5) is 166. The number of nitrogens with one attached hydrogen (secondary N) is 9. The van der Waals surface area contributed by atoms with Crippen molar-refractivity contribution in [1.29, 1.82) is 0 Å². The Morgan fingerprint density at radius 3 is 0.901 bits per heavy atom. The molecule has 0 bridgehead atoms. The minimum absolute atomic E-state index is 0.259. The van der Waals surface area contributed by atoms with Crippen molar-refractivity contribution >= 4 is 77.0 Å². The molecule has 0 aliphatic rings. The number of aliphatic carboxylic acids is 4. The Balaban J connectivity index is 5.60. The molecule has 0 rings (SSSR count). The number of carboxylic acid groups (broad SMARTS) is 4. The molecule has 26 heteroatoms. The fourth-order valence-corrected chi connectivity index (χ4v) is 8.26. The molecule has 0 aromatic rings. The van der Waals surface area contributed by atoms with Gasteiger partial charge in [-0.05, 0) is 64.2 Å². The fourth-order valence-electron chi connectivity index (χ4n) is 8.26. The molecule has 0 heterocycles. The zero-order chi connectivity index (χ0) is 61.9. The van der Waals surface area contributed by atoms with Crippen molar-refractivity contribution in [3.05, 3.63) is 0 Å². The number of hydrogen-bond acceptors (Lipinski definition) is 13. The largest absolute Gasteiger partial charge is 0.481 e. The fraction of sp³-hybridized carbons (Fsp3) is 0.764. The zero-order valence-electron chi connectivity index (χ0n) is 49.2. The van der Waals surface area contributed by atoms with Gasteiger partial charge in [-0.25, -0.2) is 4.79 Å². The highest BCUT2D eigenvalue weighted by Gasteiger charge is 2.36. The summed E-state index contributed by atoms with van der Waals surface area (Å²) in [6.07, 6.45) is 11.6. The maximum Gasteiger partial charge on any atom is 0.326 e. The maximum atomic E-state index is 13.8. The van der Waals surface area contributed by atoms with E-state index >= 15 is 0 Å². The summed E-state index contributed by atoms with van der Waals surface area (Å²) in [6, 6.07) is -12.6. The van der Waals surface area contributed by atoms with Gasteiger partial charge in [0.15, 0.2) is 0 Å². The van der Waals surface area contributed by atoms with Crippen molar-refractivity contribution < 1.29 is 82.8 Å². The van der Waals surface area contributed by atoms with Crippen LogP contribution in [0.15, 0.2) is 0 Å². The first-order valence-electron chi connectivity index (χ1n) is 28.5. The van der Waals surface area contributed by atoms with Crippen molar-refractivity contribution in [2.24, 2.45) is 17.8 Å². The number of carbonyl (C=O) groups is 13. The standard InChI is InChI=1S/C55H95N9O17/c1-11-12-13-14-15-16-17-18-19-20-21-22-23-24-40(65)62-44(31(2)3)53(78)64-46(33(6)7)54(79)63-45(32(4)5)52(77)58-35(9)48(73)56-34(8)47(72)57-36(10)49(74)59-37(25-28-41(66)67)50(75)60-38(26-29-42(68)69)51(76)61-39(55(80)81)27-30-43(70)71/h31-39,44-46H,11-30H2,1-10H3,(H,56,73)(H,57,72)(H,58,77)(H,59,74)(H,60,75)(H,61,76)(H,62,65)(H,63,79)(H,64,78)(H,66,67)(H,68,69)(H,70,71)(H,80,81)/t34-,35-,36-,37-,38-,39-,44-,45-,46-/m0/s1. The molecule has 81 heavy (non-hydrogen) atoms. The van der Waals surface area contributed by atoms with Gasteiger partial charge in [0.1, 0.15) is 54.4 Å². The predicted molar refractivity (Wildman–Crippen MR) is 297 cm³/mol. The van der Waals surface area contributed by atoms with E-state index in [1.165, 1.54) is 78.6 Å². The molecule has 0 aromatic heterocycles. The van der Waals surface area contributed by atoms with Crippen LogP contribution in [-0.2, 0) is 62.3 Å². The molecule has 0 aliphatic carbocycles. The maximum absolute atomic E-state index is 13.8. The summed E-state index contributed by atoms with van der Waals surface area (Å²) in [5.74, 6) is -14.7. The molecule has 0 radical (unpaired) electrons. The van der Waals surface area contributed by atoms with E-state index in [4.69, 9.17) is 5.11 Å². The molecule has 462 valence electrons. The van der Waals surface area contributed by atoms with Crippen molar-refractivity contribution in [3.63, 3.8) is 0 Å². The SMILES string of the molecule is CCCCCCCCCCCCCCCC(=O)N[C@H](C(=O)N[C@H](C(=O)N[C@H](C(=O)N[C@@H](C)C(=O)N[C@@H](C)C(=O)N[C@@H](C)C(=O)N[C@@H](CCC(=O)O)C(=O)N[C@@H](CCC(=O)O)C(=O)N[C@@H](CCC(=O)O)C(=O)O)C(C)C)C(C)C)C(C)C. The van der Waals surface area contributed by atoms with E-state index in [9.17, 15) is 77.6 Å². The number of carbonyl (C=O) groups excluding carboxylic acids is 9. The van der Waals surface area contributed by atoms with Gasteiger partial charge in [0.05, 0.1) is 0 Å².